The number of nitrogens with zero attached hydrogens (tertiary/aromatic N) is 3. The quantitative estimate of drug-likeness (QED) is 0.734. The molecule has 1 rings (SSSR count). The van der Waals surface area contributed by atoms with E-state index in [0.717, 1.165) is 0 Å². The molecule has 7 heteroatoms. The van der Waals surface area contributed by atoms with Gasteiger partial charge in [-0.05, 0) is 41.5 Å². The highest BCUT2D eigenvalue weighted by molar-refractivity contribution is 7.99. The number of rotatable bonds is 4. The topological polar surface area (TPSA) is 74.8 Å². The Balaban J connectivity index is 3.03. The van der Waals surface area contributed by atoms with Crippen molar-refractivity contribution in [1.82, 2.24) is 15.0 Å². The highest BCUT2D eigenvalue weighted by atomic mass is 32.2. The van der Waals surface area contributed by atoms with E-state index in [0.29, 0.717) is 17.8 Å². The van der Waals surface area contributed by atoms with Crippen LogP contribution in [-0.4, -0.2) is 32.3 Å². The maximum atomic E-state index is 4.39. The molecule has 1 aromatic heterocycles. The van der Waals surface area contributed by atoms with Crippen molar-refractivity contribution in [2.24, 2.45) is 0 Å². The minimum Gasteiger partial charge on any atom is -0.349 e. The highest BCUT2D eigenvalue weighted by Gasteiger charge is 2.16. The van der Waals surface area contributed by atoms with Crippen molar-refractivity contribution in [2.45, 2.75) is 52.6 Å². The van der Waals surface area contributed by atoms with E-state index in [9.17, 15) is 0 Å². The Morgan fingerprint density at radius 3 is 1.42 bits per heavy atom. The molecule has 1 heterocycles. The van der Waals surface area contributed by atoms with E-state index in [1.165, 1.54) is 11.9 Å². The number of anilines is 3. The Hall–Kier alpha value is -1.24. The van der Waals surface area contributed by atoms with E-state index >= 15 is 0 Å². The molecule has 0 saturated heterocycles. The van der Waals surface area contributed by atoms with Gasteiger partial charge in [0.1, 0.15) is 0 Å². The normalized spacial score (nSPS) is 12.2. The Bertz CT molecular complexity index is 387. The lowest BCUT2D eigenvalue weighted by molar-refractivity contribution is 0.617. The highest BCUT2D eigenvalue weighted by Crippen LogP contribution is 2.17. The van der Waals surface area contributed by atoms with Gasteiger partial charge in [0.25, 0.3) is 0 Å². The van der Waals surface area contributed by atoms with Crippen LogP contribution in [0.15, 0.2) is 0 Å². The van der Waals surface area contributed by atoms with Gasteiger partial charge < -0.3 is 10.6 Å². The summed E-state index contributed by atoms with van der Waals surface area (Å²) in [5.41, 5.74) is -0.200. The molecule has 0 aliphatic rings. The summed E-state index contributed by atoms with van der Waals surface area (Å²) in [7, 11) is 0. The molecule has 0 unspecified atom stereocenters. The van der Waals surface area contributed by atoms with Gasteiger partial charge in [0.2, 0.25) is 17.8 Å². The third-order valence-corrected chi connectivity index (χ3v) is 2.19. The molecule has 0 bridgehead atoms. The average Bonchev–Trinajstić information content (AvgIpc) is 2.11. The maximum Gasteiger partial charge on any atom is 0.239 e. The second-order valence-corrected chi connectivity index (χ2v) is 6.97. The number of aromatic nitrogens is 3. The van der Waals surface area contributed by atoms with Gasteiger partial charge in [-0.1, -0.05) is 11.9 Å². The van der Waals surface area contributed by atoms with Crippen molar-refractivity contribution in [2.75, 3.05) is 21.6 Å². The van der Waals surface area contributed by atoms with Gasteiger partial charge in [0, 0.05) is 17.3 Å². The van der Waals surface area contributed by atoms with E-state index in [2.05, 4.69) is 71.9 Å². The Labute approximate surface area is 119 Å². The summed E-state index contributed by atoms with van der Waals surface area (Å²) in [6.45, 7) is 12.4. The van der Waals surface area contributed by atoms with E-state index in [1.807, 2.05) is 6.26 Å². The maximum absolute atomic E-state index is 4.39. The van der Waals surface area contributed by atoms with Gasteiger partial charge in [-0.15, -0.1) is 0 Å². The van der Waals surface area contributed by atoms with Crippen molar-refractivity contribution in [3.8, 4) is 0 Å². The molecule has 0 saturated carbocycles. The van der Waals surface area contributed by atoms with Crippen molar-refractivity contribution in [3.63, 3.8) is 0 Å². The standard InChI is InChI=1S/C12H24N6S/c1-11(2,3)16-8-13-9(17-12(4,5)6)15-10(14-8)18-19-7/h1-7H3,(H3,13,14,15,16,17,18). The van der Waals surface area contributed by atoms with E-state index in [4.69, 9.17) is 0 Å². The van der Waals surface area contributed by atoms with Crippen LogP contribution in [0.5, 0.6) is 0 Å². The van der Waals surface area contributed by atoms with Crippen molar-refractivity contribution in [1.29, 1.82) is 0 Å². The predicted molar refractivity (Wildman–Crippen MR) is 83.7 cm³/mol. The molecule has 3 N–H and O–H groups in total. The molecule has 0 aliphatic heterocycles. The van der Waals surface area contributed by atoms with Crippen molar-refractivity contribution < 1.29 is 0 Å². The van der Waals surface area contributed by atoms with Gasteiger partial charge in [0.05, 0.1) is 0 Å². The average molecular weight is 284 g/mol. The molecule has 0 aliphatic carbocycles. The molecule has 0 spiro atoms. The lowest BCUT2D eigenvalue weighted by atomic mass is 10.1. The van der Waals surface area contributed by atoms with Crippen LogP contribution in [0.4, 0.5) is 17.8 Å². The first kappa shape index (κ1) is 15.8. The van der Waals surface area contributed by atoms with E-state index in [-0.39, 0.29) is 11.1 Å². The van der Waals surface area contributed by atoms with Crippen LogP contribution in [-0.2, 0) is 0 Å². The molecule has 0 atom stereocenters. The molecule has 19 heavy (non-hydrogen) atoms. The van der Waals surface area contributed by atoms with E-state index in [1.54, 1.807) is 0 Å². The van der Waals surface area contributed by atoms with Crippen molar-refractivity contribution >= 4 is 29.8 Å². The Morgan fingerprint density at radius 1 is 0.737 bits per heavy atom. The summed E-state index contributed by atoms with van der Waals surface area (Å²) < 4.78 is 3.03. The van der Waals surface area contributed by atoms with Crippen LogP contribution in [0.2, 0.25) is 0 Å². The molecule has 0 radical (unpaired) electrons. The second kappa shape index (κ2) is 5.81. The third kappa shape index (κ3) is 6.47. The zero-order chi connectivity index (χ0) is 14.7. The first-order valence-electron chi connectivity index (χ1n) is 6.20. The van der Waals surface area contributed by atoms with Crippen LogP contribution in [0, 0.1) is 0 Å². The fourth-order valence-corrected chi connectivity index (χ4v) is 1.57. The van der Waals surface area contributed by atoms with Gasteiger partial charge in [-0.25, -0.2) is 0 Å². The molecular formula is C12H24N6S. The number of nitrogens with one attached hydrogen (secondary N) is 3. The minimum absolute atomic E-state index is 0.100. The number of hydrogen-bond donors (Lipinski definition) is 3. The minimum atomic E-state index is -0.100. The summed E-state index contributed by atoms with van der Waals surface area (Å²) in [6, 6.07) is 0. The SMILES string of the molecule is CSNc1nc(NC(C)(C)C)nc(NC(C)(C)C)n1. The van der Waals surface area contributed by atoms with Crippen molar-refractivity contribution in [3.05, 3.63) is 0 Å². The molecule has 108 valence electrons. The summed E-state index contributed by atoms with van der Waals surface area (Å²) in [5.74, 6) is 1.66. The Morgan fingerprint density at radius 2 is 1.11 bits per heavy atom. The van der Waals surface area contributed by atoms with Crippen LogP contribution in [0.1, 0.15) is 41.5 Å². The van der Waals surface area contributed by atoms with Crippen LogP contribution in [0.3, 0.4) is 0 Å². The molecule has 6 nitrogen and oxygen atoms in total. The molecular weight excluding hydrogens is 260 g/mol. The lowest BCUT2D eigenvalue weighted by Crippen LogP contribution is -2.30. The van der Waals surface area contributed by atoms with Gasteiger partial charge >= 0.3 is 0 Å². The summed E-state index contributed by atoms with van der Waals surface area (Å²) >= 11 is 1.45. The van der Waals surface area contributed by atoms with Gasteiger partial charge in [-0.2, -0.15) is 15.0 Å². The third-order valence-electron chi connectivity index (χ3n) is 1.80. The Kier molecular flexibility index (Phi) is 4.84. The second-order valence-electron chi connectivity index (χ2n) is 6.36. The molecule has 0 aromatic carbocycles. The smallest absolute Gasteiger partial charge is 0.239 e. The molecule has 0 amide bonds. The fourth-order valence-electron chi connectivity index (χ4n) is 1.30. The largest absolute Gasteiger partial charge is 0.349 e. The number of hydrogen-bond acceptors (Lipinski definition) is 7. The summed E-state index contributed by atoms with van der Waals surface area (Å²) in [6.07, 6.45) is 1.93. The van der Waals surface area contributed by atoms with Crippen LogP contribution in [0.25, 0.3) is 0 Å². The first-order chi connectivity index (χ1) is 8.59. The molecule has 1 aromatic rings. The van der Waals surface area contributed by atoms with Crippen LogP contribution < -0.4 is 15.4 Å². The zero-order valence-electron chi connectivity index (χ0n) is 12.7. The van der Waals surface area contributed by atoms with Gasteiger partial charge in [0.15, 0.2) is 0 Å². The van der Waals surface area contributed by atoms with E-state index < -0.39 is 0 Å². The zero-order valence-corrected chi connectivity index (χ0v) is 13.6. The first-order valence-corrected chi connectivity index (χ1v) is 7.43. The summed E-state index contributed by atoms with van der Waals surface area (Å²) in [5, 5.41) is 6.51. The fraction of sp³-hybridized carbons (Fsp3) is 0.750. The lowest BCUT2D eigenvalue weighted by Gasteiger charge is -2.23. The summed E-state index contributed by atoms with van der Waals surface area (Å²) in [4.78, 5) is 13.1. The van der Waals surface area contributed by atoms with Gasteiger partial charge in [-0.3, -0.25) is 4.72 Å². The van der Waals surface area contributed by atoms with Crippen LogP contribution >= 0.6 is 11.9 Å². The monoisotopic (exact) mass is 284 g/mol. The predicted octanol–water partition coefficient (Wildman–Crippen LogP) is 2.98. The molecule has 0 fully saturated rings.